The van der Waals surface area contributed by atoms with E-state index in [1.165, 1.54) is 0 Å². The summed E-state index contributed by atoms with van der Waals surface area (Å²) in [6.45, 7) is 3.83. The van der Waals surface area contributed by atoms with E-state index in [2.05, 4.69) is 20.9 Å². The van der Waals surface area contributed by atoms with Gasteiger partial charge in [0, 0.05) is 23.3 Å². The Kier molecular flexibility index (Phi) is 4.78. The summed E-state index contributed by atoms with van der Waals surface area (Å²) in [5, 5.41) is 0. The summed E-state index contributed by atoms with van der Waals surface area (Å²) < 4.78 is 11.4. The summed E-state index contributed by atoms with van der Waals surface area (Å²) in [4.78, 5) is 4.05. The molecule has 0 spiro atoms. The molecule has 1 aromatic rings. The molecule has 0 saturated carbocycles. The normalized spacial score (nSPS) is 10.0. The first kappa shape index (κ1) is 10.5. The van der Waals surface area contributed by atoms with Crippen molar-refractivity contribution < 1.29 is 9.47 Å². The Balaban J connectivity index is 2.25. The van der Waals surface area contributed by atoms with E-state index in [1.807, 2.05) is 19.1 Å². The molecule has 0 N–H and O–H groups in total. The smallest absolute Gasteiger partial charge is 0.213 e. The van der Waals surface area contributed by atoms with E-state index in [-0.39, 0.29) is 0 Å². The number of hydrogen-bond donors (Lipinski definition) is 0. The molecule has 4 heteroatoms. The van der Waals surface area contributed by atoms with Gasteiger partial charge in [-0.1, -0.05) is 0 Å². The van der Waals surface area contributed by atoms with Crippen LogP contribution in [0.5, 0.6) is 5.88 Å². The van der Waals surface area contributed by atoms with Gasteiger partial charge in [0.15, 0.2) is 0 Å². The lowest BCUT2D eigenvalue weighted by Gasteiger charge is -2.04. The van der Waals surface area contributed by atoms with Crippen LogP contribution in [0.3, 0.4) is 0 Å². The summed E-state index contributed by atoms with van der Waals surface area (Å²) in [5.74, 6) is 0.628. The summed E-state index contributed by atoms with van der Waals surface area (Å²) in [6, 6.07) is 3.71. The van der Waals surface area contributed by atoms with Gasteiger partial charge in [-0.05, 0) is 28.9 Å². The Bertz CT molecular complexity index is 238. The first-order valence-electron chi connectivity index (χ1n) is 4.15. The Morgan fingerprint density at radius 3 is 2.85 bits per heavy atom. The van der Waals surface area contributed by atoms with Crippen LogP contribution >= 0.6 is 15.9 Å². The van der Waals surface area contributed by atoms with Crippen molar-refractivity contribution in [2.24, 2.45) is 0 Å². The van der Waals surface area contributed by atoms with E-state index < -0.39 is 0 Å². The quantitative estimate of drug-likeness (QED) is 0.747. The lowest BCUT2D eigenvalue weighted by atomic mass is 10.5. The molecule has 0 aromatic carbocycles. The van der Waals surface area contributed by atoms with Crippen LogP contribution < -0.4 is 4.74 Å². The van der Waals surface area contributed by atoms with Crippen molar-refractivity contribution >= 4 is 15.9 Å². The van der Waals surface area contributed by atoms with Crippen molar-refractivity contribution in [3.05, 3.63) is 22.8 Å². The molecule has 0 atom stereocenters. The van der Waals surface area contributed by atoms with Gasteiger partial charge in [0.2, 0.25) is 5.88 Å². The molecule has 0 aliphatic rings. The second kappa shape index (κ2) is 5.94. The highest BCUT2D eigenvalue weighted by atomic mass is 79.9. The summed E-state index contributed by atoms with van der Waals surface area (Å²) in [6.07, 6.45) is 1.70. The number of nitrogens with zero attached hydrogens (tertiary/aromatic N) is 1. The van der Waals surface area contributed by atoms with Crippen LogP contribution in [0, 0.1) is 0 Å². The highest BCUT2D eigenvalue weighted by Crippen LogP contribution is 2.11. The highest BCUT2D eigenvalue weighted by Gasteiger charge is 1.94. The molecular weight excluding hydrogens is 234 g/mol. The van der Waals surface area contributed by atoms with Crippen molar-refractivity contribution in [2.75, 3.05) is 19.8 Å². The van der Waals surface area contributed by atoms with E-state index in [1.54, 1.807) is 6.20 Å². The molecule has 0 radical (unpaired) electrons. The van der Waals surface area contributed by atoms with Crippen molar-refractivity contribution in [1.82, 2.24) is 4.98 Å². The third-order valence-electron chi connectivity index (χ3n) is 1.38. The SMILES string of the molecule is CCOCCOc1ccc(Br)cn1. The van der Waals surface area contributed by atoms with Crippen LogP contribution in [0.25, 0.3) is 0 Å². The molecule has 0 fully saturated rings. The van der Waals surface area contributed by atoms with Crippen LogP contribution in [0.2, 0.25) is 0 Å². The second-order valence-electron chi connectivity index (χ2n) is 2.36. The lowest BCUT2D eigenvalue weighted by Crippen LogP contribution is -2.06. The van der Waals surface area contributed by atoms with Gasteiger partial charge < -0.3 is 9.47 Å². The third-order valence-corrected chi connectivity index (χ3v) is 1.85. The predicted octanol–water partition coefficient (Wildman–Crippen LogP) is 2.26. The van der Waals surface area contributed by atoms with Crippen LogP contribution in [0.1, 0.15) is 6.92 Å². The molecular formula is C9H12BrNO2. The van der Waals surface area contributed by atoms with Crippen molar-refractivity contribution in [1.29, 1.82) is 0 Å². The molecule has 0 bridgehead atoms. The molecule has 13 heavy (non-hydrogen) atoms. The molecule has 0 aliphatic heterocycles. The van der Waals surface area contributed by atoms with Crippen LogP contribution in [0.4, 0.5) is 0 Å². The monoisotopic (exact) mass is 245 g/mol. The summed E-state index contributed by atoms with van der Waals surface area (Å²) >= 11 is 3.30. The van der Waals surface area contributed by atoms with Gasteiger partial charge in [0.05, 0.1) is 6.61 Å². The van der Waals surface area contributed by atoms with Crippen LogP contribution in [-0.2, 0) is 4.74 Å². The Labute approximate surface area is 86.2 Å². The number of ether oxygens (including phenoxy) is 2. The number of pyridine rings is 1. The maximum Gasteiger partial charge on any atom is 0.213 e. The molecule has 0 amide bonds. The van der Waals surface area contributed by atoms with Crippen molar-refractivity contribution in [3.63, 3.8) is 0 Å². The van der Waals surface area contributed by atoms with E-state index in [4.69, 9.17) is 9.47 Å². The average Bonchev–Trinajstić information content (AvgIpc) is 2.15. The molecule has 1 heterocycles. The van der Waals surface area contributed by atoms with E-state index >= 15 is 0 Å². The lowest BCUT2D eigenvalue weighted by molar-refractivity contribution is 0.108. The summed E-state index contributed by atoms with van der Waals surface area (Å²) in [7, 11) is 0. The minimum absolute atomic E-state index is 0.544. The van der Waals surface area contributed by atoms with E-state index in [0.717, 1.165) is 11.1 Å². The van der Waals surface area contributed by atoms with E-state index in [9.17, 15) is 0 Å². The Hall–Kier alpha value is -0.610. The number of aromatic nitrogens is 1. The third kappa shape index (κ3) is 4.24. The van der Waals surface area contributed by atoms with Gasteiger partial charge >= 0.3 is 0 Å². The first-order valence-corrected chi connectivity index (χ1v) is 4.94. The molecule has 0 unspecified atom stereocenters. The zero-order valence-corrected chi connectivity index (χ0v) is 9.08. The standard InChI is InChI=1S/C9H12BrNO2/c1-2-12-5-6-13-9-4-3-8(10)7-11-9/h3-4,7H,2,5-6H2,1H3. The minimum Gasteiger partial charge on any atom is -0.475 e. The predicted molar refractivity (Wildman–Crippen MR) is 53.9 cm³/mol. The van der Waals surface area contributed by atoms with Crippen LogP contribution in [0.15, 0.2) is 22.8 Å². The maximum atomic E-state index is 5.31. The Morgan fingerprint density at radius 1 is 1.38 bits per heavy atom. The number of halogens is 1. The van der Waals surface area contributed by atoms with Gasteiger partial charge in [0.1, 0.15) is 6.61 Å². The Morgan fingerprint density at radius 2 is 2.23 bits per heavy atom. The minimum atomic E-state index is 0.544. The van der Waals surface area contributed by atoms with Gasteiger partial charge in [-0.2, -0.15) is 0 Å². The molecule has 3 nitrogen and oxygen atoms in total. The fourth-order valence-electron chi connectivity index (χ4n) is 0.797. The van der Waals surface area contributed by atoms with Gasteiger partial charge in [-0.25, -0.2) is 4.98 Å². The zero-order chi connectivity index (χ0) is 9.52. The maximum absolute atomic E-state index is 5.31. The largest absolute Gasteiger partial charge is 0.475 e. The summed E-state index contributed by atoms with van der Waals surface area (Å²) in [5.41, 5.74) is 0. The molecule has 0 saturated heterocycles. The fraction of sp³-hybridized carbons (Fsp3) is 0.444. The van der Waals surface area contributed by atoms with Crippen molar-refractivity contribution in [3.8, 4) is 5.88 Å². The topological polar surface area (TPSA) is 31.4 Å². The number of hydrogen-bond acceptors (Lipinski definition) is 3. The number of rotatable bonds is 5. The zero-order valence-electron chi connectivity index (χ0n) is 7.50. The van der Waals surface area contributed by atoms with Crippen molar-refractivity contribution in [2.45, 2.75) is 6.92 Å². The molecule has 72 valence electrons. The van der Waals surface area contributed by atoms with Gasteiger partial charge in [0.25, 0.3) is 0 Å². The van der Waals surface area contributed by atoms with Gasteiger partial charge in [-0.15, -0.1) is 0 Å². The fourth-order valence-corrected chi connectivity index (χ4v) is 1.03. The first-order chi connectivity index (χ1) is 6.33. The van der Waals surface area contributed by atoms with Crippen LogP contribution in [-0.4, -0.2) is 24.8 Å². The molecule has 0 aliphatic carbocycles. The van der Waals surface area contributed by atoms with E-state index in [0.29, 0.717) is 19.1 Å². The average molecular weight is 246 g/mol. The second-order valence-corrected chi connectivity index (χ2v) is 3.28. The van der Waals surface area contributed by atoms with Gasteiger partial charge in [-0.3, -0.25) is 0 Å². The molecule has 1 aromatic heterocycles. The molecule has 1 rings (SSSR count). The highest BCUT2D eigenvalue weighted by molar-refractivity contribution is 9.10.